The van der Waals surface area contributed by atoms with E-state index in [9.17, 15) is 4.79 Å². The van der Waals surface area contributed by atoms with Crippen molar-refractivity contribution in [2.24, 2.45) is 11.7 Å². The molecule has 0 bridgehead atoms. The van der Waals surface area contributed by atoms with Crippen LogP contribution in [0.15, 0.2) is 24.5 Å². The third kappa shape index (κ3) is 5.14. The number of hydrogen-bond donors (Lipinski definition) is 3. The number of hydrogen-bond acceptors (Lipinski definition) is 3. The van der Waals surface area contributed by atoms with Crippen LogP contribution in [0.3, 0.4) is 0 Å². The predicted octanol–water partition coefficient (Wildman–Crippen LogP) is 1.25. The molecule has 0 aliphatic carbocycles. The number of amides is 2. The van der Waals surface area contributed by atoms with Crippen LogP contribution in [0.2, 0.25) is 0 Å². The summed E-state index contributed by atoms with van der Waals surface area (Å²) in [4.78, 5) is 15.5. The number of rotatable bonds is 6. The van der Waals surface area contributed by atoms with E-state index in [4.69, 9.17) is 5.73 Å². The molecule has 18 heavy (non-hydrogen) atoms. The van der Waals surface area contributed by atoms with Gasteiger partial charge in [-0.15, -0.1) is 0 Å². The summed E-state index contributed by atoms with van der Waals surface area (Å²) in [5.74, 6) is 0.408. The Morgan fingerprint density at radius 3 is 2.67 bits per heavy atom. The van der Waals surface area contributed by atoms with Crippen molar-refractivity contribution in [3.63, 3.8) is 0 Å². The molecule has 2 atom stereocenters. The number of nitrogens with zero attached hydrogens (tertiary/aromatic N) is 1. The fourth-order valence-electron chi connectivity index (χ4n) is 1.46. The molecule has 4 N–H and O–H groups in total. The van der Waals surface area contributed by atoms with E-state index in [2.05, 4.69) is 29.5 Å². The van der Waals surface area contributed by atoms with E-state index in [1.54, 1.807) is 12.4 Å². The third-order valence-corrected chi connectivity index (χ3v) is 3.08. The normalized spacial score (nSPS) is 13.7. The van der Waals surface area contributed by atoms with Gasteiger partial charge in [-0.1, -0.05) is 20.3 Å². The van der Waals surface area contributed by atoms with Crippen LogP contribution in [0.1, 0.15) is 25.8 Å². The number of pyridine rings is 1. The van der Waals surface area contributed by atoms with E-state index in [0.29, 0.717) is 19.0 Å². The number of carbonyl (C=O) groups excluding carboxylic acids is 1. The van der Waals surface area contributed by atoms with E-state index in [1.807, 2.05) is 12.1 Å². The Hall–Kier alpha value is -1.62. The minimum Gasteiger partial charge on any atom is -0.337 e. The largest absolute Gasteiger partial charge is 0.337 e. The molecule has 0 aliphatic rings. The van der Waals surface area contributed by atoms with E-state index < -0.39 is 0 Å². The smallest absolute Gasteiger partial charge is 0.315 e. The van der Waals surface area contributed by atoms with Gasteiger partial charge in [-0.25, -0.2) is 4.79 Å². The quantitative estimate of drug-likeness (QED) is 0.711. The van der Waals surface area contributed by atoms with E-state index in [-0.39, 0.29) is 12.1 Å². The second-order valence-corrected chi connectivity index (χ2v) is 4.47. The Kier molecular flexibility index (Phi) is 6.14. The van der Waals surface area contributed by atoms with Crippen molar-refractivity contribution in [2.75, 3.05) is 6.54 Å². The number of nitrogens with one attached hydrogen (secondary N) is 2. The molecule has 0 fully saturated rings. The van der Waals surface area contributed by atoms with Gasteiger partial charge < -0.3 is 16.4 Å². The lowest BCUT2D eigenvalue weighted by Gasteiger charge is -2.18. The van der Waals surface area contributed by atoms with Crippen LogP contribution in [0.5, 0.6) is 0 Å². The first kappa shape index (κ1) is 14.4. The summed E-state index contributed by atoms with van der Waals surface area (Å²) in [5, 5.41) is 5.56. The lowest BCUT2D eigenvalue weighted by molar-refractivity contribution is 0.238. The summed E-state index contributed by atoms with van der Waals surface area (Å²) >= 11 is 0. The number of aromatic nitrogens is 1. The Bertz CT molecular complexity index is 355. The summed E-state index contributed by atoms with van der Waals surface area (Å²) in [5.41, 5.74) is 6.95. The van der Waals surface area contributed by atoms with Gasteiger partial charge in [-0.3, -0.25) is 4.98 Å². The van der Waals surface area contributed by atoms with Crippen molar-refractivity contribution in [2.45, 2.75) is 32.9 Å². The monoisotopic (exact) mass is 250 g/mol. The molecule has 0 saturated carbocycles. The lowest BCUT2D eigenvalue weighted by Crippen LogP contribution is -2.44. The van der Waals surface area contributed by atoms with Gasteiger partial charge in [-0.2, -0.15) is 0 Å². The van der Waals surface area contributed by atoms with Crippen molar-refractivity contribution >= 4 is 6.03 Å². The average molecular weight is 250 g/mol. The molecule has 1 aromatic heterocycles. The van der Waals surface area contributed by atoms with Crippen molar-refractivity contribution < 1.29 is 4.79 Å². The Morgan fingerprint density at radius 2 is 2.06 bits per heavy atom. The molecular formula is C13H22N4O. The SMILES string of the molecule is CCC(C)[C@H](N)CNC(=O)NCc1ccncc1. The highest BCUT2D eigenvalue weighted by atomic mass is 16.2. The number of nitrogens with two attached hydrogens (primary N) is 1. The van der Waals surface area contributed by atoms with Gasteiger partial charge in [0, 0.05) is 31.5 Å². The van der Waals surface area contributed by atoms with Crippen LogP contribution in [0.4, 0.5) is 4.79 Å². The Labute approximate surface area is 108 Å². The minimum absolute atomic E-state index is 0.00155. The maximum Gasteiger partial charge on any atom is 0.315 e. The Balaban J connectivity index is 2.22. The van der Waals surface area contributed by atoms with Crippen molar-refractivity contribution in [1.29, 1.82) is 0 Å². The first-order valence-corrected chi connectivity index (χ1v) is 6.29. The highest BCUT2D eigenvalue weighted by Crippen LogP contribution is 2.03. The lowest BCUT2D eigenvalue weighted by atomic mass is 10.0. The summed E-state index contributed by atoms with van der Waals surface area (Å²) < 4.78 is 0. The molecule has 0 spiro atoms. The van der Waals surface area contributed by atoms with Gasteiger partial charge in [0.15, 0.2) is 0 Å². The summed E-state index contributed by atoms with van der Waals surface area (Å²) in [7, 11) is 0. The molecule has 0 aromatic carbocycles. The molecule has 0 aliphatic heterocycles. The zero-order valence-electron chi connectivity index (χ0n) is 11.0. The maximum absolute atomic E-state index is 11.5. The van der Waals surface area contributed by atoms with Gasteiger partial charge in [0.1, 0.15) is 0 Å². The van der Waals surface area contributed by atoms with Crippen molar-refractivity contribution in [3.05, 3.63) is 30.1 Å². The first-order valence-electron chi connectivity index (χ1n) is 6.29. The molecule has 5 heteroatoms. The van der Waals surface area contributed by atoms with Crippen LogP contribution in [0, 0.1) is 5.92 Å². The molecule has 5 nitrogen and oxygen atoms in total. The summed E-state index contributed by atoms with van der Waals surface area (Å²) in [6, 6.07) is 3.54. The highest BCUT2D eigenvalue weighted by molar-refractivity contribution is 5.73. The highest BCUT2D eigenvalue weighted by Gasteiger charge is 2.11. The van der Waals surface area contributed by atoms with Crippen LogP contribution >= 0.6 is 0 Å². The zero-order valence-corrected chi connectivity index (χ0v) is 11.0. The van der Waals surface area contributed by atoms with E-state index in [1.165, 1.54) is 0 Å². The zero-order chi connectivity index (χ0) is 13.4. The molecule has 1 unspecified atom stereocenters. The van der Waals surface area contributed by atoms with E-state index in [0.717, 1.165) is 12.0 Å². The van der Waals surface area contributed by atoms with Crippen LogP contribution in [0.25, 0.3) is 0 Å². The summed E-state index contributed by atoms with van der Waals surface area (Å²) in [6.07, 6.45) is 4.42. The van der Waals surface area contributed by atoms with Gasteiger partial charge >= 0.3 is 6.03 Å². The number of carbonyl (C=O) groups is 1. The van der Waals surface area contributed by atoms with Crippen molar-refractivity contribution in [3.8, 4) is 0 Å². The van der Waals surface area contributed by atoms with Crippen LogP contribution in [-0.2, 0) is 6.54 Å². The molecule has 1 aromatic rings. The summed E-state index contributed by atoms with van der Waals surface area (Å²) in [6.45, 7) is 5.17. The third-order valence-electron chi connectivity index (χ3n) is 3.08. The first-order chi connectivity index (χ1) is 8.63. The fourth-order valence-corrected chi connectivity index (χ4v) is 1.46. The van der Waals surface area contributed by atoms with Gasteiger partial charge in [-0.05, 0) is 23.6 Å². The van der Waals surface area contributed by atoms with Crippen LogP contribution < -0.4 is 16.4 Å². The fraction of sp³-hybridized carbons (Fsp3) is 0.538. The minimum atomic E-state index is -0.189. The van der Waals surface area contributed by atoms with Gasteiger partial charge in [0.2, 0.25) is 0 Å². The second kappa shape index (κ2) is 7.66. The molecular weight excluding hydrogens is 228 g/mol. The van der Waals surface area contributed by atoms with Crippen molar-refractivity contribution in [1.82, 2.24) is 15.6 Å². The van der Waals surface area contributed by atoms with E-state index >= 15 is 0 Å². The predicted molar refractivity (Wildman–Crippen MR) is 71.9 cm³/mol. The van der Waals surface area contributed by atoms with Gasteiger partial charge in [0.25, 0.3) is 0 Å². The molecule has 1 rings (SSSR count). The van der Waals surface area contributed by atoms with Crippen LogP contribution in [-0.4, -0.2) is 23.6 Å². The molecule has 100 valence electrons. The topological polar surface area (TPSA) is 80.0 Å². The van der Waals surface area contributed by atoms with Gasteiger partial charge in [0.05, 0.1) is 0 Å². The molecule has 1 heterocycles. The standard InChI is InChI=1S/C13H22N4O/c1-3-10(2)12(14)9-17-13(18)16-8-11-4-6-15-7-5-11/h4-7,10,12H,3,8-9,14H2,1-2H3,(H2,16,17,18)/t10?,12-/m1/s1. The Morgan fingerprint density at radius 1 is 1.39 bits per heavy atom. The average Bonchev–Trinajstić information content (AvgIpc) is 2.42. The molecule has 2 amide bonds. The molecule has 0 saturated heterocycles. The maximum atomic E-state index is 11.5. The second-order valence-electron chi connectivity index (χ2n) is 4.47. The number of urea groups is 1. The molecule has 0 radical (unpaired) electrons.